The van der Waals surface area contributed by atoms with Crippen LogP contribution in [0.3, 0.4) is 0 Å². The van der Waals surface area contributed by atoms with Gasteiger partial charge in [0, 0.05) is 5.69 Å². The van der Waals surface area contributed by atoms with Gasteiger partial charge in [-0.3, -0.25) is 4.79 Å². The third kappa shape index (κ3) is 3.25. The minimum absolute atomic E-state index is 0.0507. The first-order valence-electron chi connectivity index (χ1n) is 5.85. The van der Waals surface area contributed by atoms with Gasteiger partial charge in [-0.2, -0.15) is 13.2 Å². The third-order valence-electron chi connectivity index (χ3n) is 2.76. The fourth-order valence-corrected chi connectivity index (χ4v) is 1.77. The van der Waals surface area contributed by atoms with Crippen molar-refractivity contribution < 1.29 is 23.1 Å². The summed E-state index contributed by atoms with van der Waals surface area (Å²) in [6.07, 6.45) is -4.59. The molecule has 0 aliphatic carbocycles. The van der Waals surface area contributed by atoms with Gasteiger partial charge in [0.2, 0.25) is 0 Å². The van der Waals surface area contributed by atoms with Crippen molar-refractivity contribution >= 4 is 17.3 Å². The predicted octanol–water partition coefficient (Wildman–Crippen LogP) is 3.25. The van der Waals surface area contributed by atoms with Gasteiger partial charge in [-0.1, -0.05) is 12.1 Å². The van der Waals surface area contributed by atoms with Crippen molar-refractivity contribution in [2.75, 3.05) is 11.1 Å². The van der Waals surface area contributed by atoms with Gasteiger partial charge in [0.05, 0.1) is 16.8 Å². The van der Waals surface area contributed by atoms with E-state index < -0.39 is 17.6 Å². The number of amides is 1. The Bertz CT molecular complexity index is 684. The van der Waals surface area contributed by atoms with E-state index in [4.69, 9.17) is 5.73 Å². The minimum atomic E-state index is -4.59. The molecule has 0 aromatic heterocycles. The van der Waals surface area contributed by atoms with Crippen LogP contribution in [0, 0.1) is 0 Å². The van der Waals surface area contributed by atoms with Crippen LogP contribution in [-0.2, 0) is 6.18 Å². The van der Waals surface area contributed by atoms with Crippen LogP contribution in [0.25, 0.3) is 0 Å². The molecule has 0 unspecified atom stereocenters. The van der Waals surface area contributed by atoms with Crippen molar-refractivity contribution in [3.8, 4) is 5.75 Å². The highest BCUT2D eigenvalue weighted by Crippen LogP contribution is 2.35. The molecule has 0 atom stereocenters. The molecule has 7 heteroatoms. The summed E-state index contributed by atoms with van der Waals surface area (Å²) in [6, 6.07) is 8.25. The van der Waals surface area contributed by atoms with E-state index >= 15 is 0 Å². The molecule has 2 rings (SSSR count). The van der Waals surface area contributed by atoms with Crippen LogP contribution >= 0.6 is 0 Å². The van der Waals surface area contributed by atoms with Crippen molar-refractivity contribution in [2.45, 2.75) is 6.18 Å². The molecular formula is C14H11F3N2O2. The summed E-state index contributed by atoms with van der Waals surface area (Å²) in [4.78, 5) is 12.0. The second-order valence-electron chi connectivity index (χ2n) is 4.27. The van der Waals surface area contributed by atoms with Crippen molar-refractivity contribution in [3.63, 3.8) is 0 Å². The fraction of sp³-hybridized carbons (Fsp3) is 0.0714. The number of phenols is 1. The quantitative estimate of drug-likeness (QED) is 0.588. The van der Waals surface area contributed by atoms with Crippen molar-refractivity contribution in [2.24, 2.45) is 0 Å². The number of nitrogens with one attached hydrogen (secondary N) is 1. The number of alkyl halides is 3. The molecule has 0 aliphatic rings. The normalized spacial score (nSPS) is 11.2. The fourth-order valence-electron chi connectivity index (χ4n) is 1.77. The Hall–Kier alpha value is -2.70. The molecule has 0 heterocycles. The van der Waals surface area contributed by atoms with Crippen molar-refractivity contribution in [1.29, 1.82) is 0 Å². The largest absolute Gasteiger partial charge is 0.508 e. The molecule has 0 bridgehead atoms. The van der Waals surface area contributed by atoms with E-state index in [1.165, 1.54) is 24.3 Å². The monoisotopic (exact) mass is 296 g/mol. The lowest BCUT2D eigenvalue weighted by molar-refractivity contribution is -0.136. The molecule has 0 radical (unpaired) electrons. The first-order chi connectivity index (χ1) is 9.79. The summed E-state index contributed by atoms with van der Waals surface area (Å²) in [5.41, 5.74) is 4.18. The smallest absolute Gasteiger partial charge is 0.418 e. The molecule has 0 saturated carbocycles. The van der Waals surface area contributed by atoms with Gasteiger partial charge in [0.1, 0.15) is 5.75 Å². The lowest BCUT2D eigenvalue weighted by Crippen LogP contribution is -2.17. The molecule has 21 heavy (non-hydrogen) atoms. The number of carbonyl (C=O) groups is 1. The van der Waals surface area contributed by atoms with Crippen LogP contribution < -0.4 is 11.1 Å². The number of nitrogens with two attached hydrogens (primary N) is 1. The lowest BCUT2D eigenvalue weighted by Gasteiger charge is -2.14. The van der Waals surface area contributed by atoms with E-state index in [0.29, 0.717) is 0 Å². The minimum Gasteiger partial charge on any atom is -0.508 e. The van der Waals surface area contributed by atoms with Crippen molar-refractivity contribution in [3.05, 3.63) is 53.6 Å². The number of phenolic OH excluding ortho intramolecular Hbond substituents is 1. The summed E-state index contributed by atoms with van der Waals surface area (Å²) in [5, 5.41) is 11.5. The maximum Gasteiger partial charge on any atom is 0.418 e. The van der Waals surface area contributed by atoms with E-state index in [1.54, 1.807) is 0 Å². The number of benzene rings is 2. The molecule has 2 aromatic rings. The first kappa shape index (κ1) is 14.7. The highest BCUT2D eigenvalue weighted by molar-refractivity contribution is 6.08. The van der Waals surface area contributed by atoms with Crippen LogP contribution in [0.4, 0.5) is 24.5 Å². The van der Waals surface area contributed by atoms with Crippen LogP contribution in [0.2, 0.25) is 0 Å². The topological polar surface area (TPSA) is 75.3 Å². The summed E-state index contributed by atoms with van der Waals surface area (Å²) in [6.45, 7) is 0. The van der Waals surface area contributed by atoms with E-state index in [1.807, 2.05) is 0 Å². The number of hydrogen-bond donors (Lipinski definition) is 3. The number of nitrogen functional groups attached to an aromatic ring is 1. The molecule has 0 fully saturated rings. The van der Waals surface area contributed by atoms with E-state index in [9.17, 15) is 23.1 Å². The Kier molecular flexibility index (Phi) is 3.75. The SMILES string of the molecule is Nc1ccc(O)cc1C(=O)Nc1ccccc1C(F)(F)F. The van der Waals surface area contributed by atoms with Crippen LogP contribution in [0.1, 0.15) is 15.9 Å². The number of anilines is 2. The Morgan fingerprint density at radius 1 is 1.14 bits per heavy atom. The number of halogens is 3. The molecular weight excluding hydrogens is 285 g/mol. The molecule has 2 aromatic carbocycles. The molecule has 0 aliphatic heterocycles. The molecule has 4 nitrogen and oxygen atoms in total. The Morgan fingerprint density at radius 2 is 1.81 bits per heavy atom. The van der Waals surface area contributed by atoms with E-state index in [2.05, 4.69) is 5.32 Å². The number of carbonyl (C=O) groups excluding carboxylic acids is 1. The maximum atomic E-state index is 12.8. The Morgan fingerprint density at radius 3 is 2.48 bits per heavy atom. The summed E-state index contributed by atoms with van der Waals surface area (Å²) < 4.78 is 38.5. The first-order valence-corrected chi connectivity index (χ1v) is 5.85. The summed E-state index contributed by atoms with van der Waals surface area (Å²) in [7, 11) is 0. The van der Waals surface area contributed by atoms with E-state index in [-0.39, 0.29) is 22.7 Å². The van der Waals surface area contributed by atoms with Crippen LogP contribution in [0.5, 0.6) is 5.75 Å². The second-order valence-corrected chi connectivity index (χ2v) is 4.27. The lowest BCUT2D eigenvalue weighted by atomic mass is 10.1. The molecule has 110 valence electrons. The third-order valence-corrected chi connectivity index (χ3v) is 2.76. The number of para-hydroxylation sites is 1. The van der Waals surface area contributed by atoms with Gasteiger partial charge in [-0.05, 0) is 30.3 Å². The number of rotatable bonds is 2. The maximum absolute atomic E-state index is 12.8. The second kappa shape index (κ2) is 5.35. The van der Waals surface area contributed by atoms with Crippen LogP contribution in [0.15, 0.2) is 42.5 Å². The Labute approximate surface area is 118 Å². The number of aromatic hydroxyl groups is 1. The van der Waals surface area contributed by atoms with Gasteiger partial charge in [0.15, 0.2) is 0 Å². The van der Waals surface area contributed by atoms with Gasteiger partial charge in [-0.25, -0.2) is 0 Å². The average molecular weight is 296 g/mol. The summed E-state index contributed by atoms with van der Waals surface area (Å²) in [5.74, 6) is -1.04. The van der Waals surface area contributed by atoms with E-state index in [0.717, 1.165) is 18.2 Å². The number of hydrogen-bond acceptors (Lipinski definition) is 3. The zero-order valence-electron chi connectivity index (χ0n) is 10.6. The van der Waals surface area contributed by atoms with Gasteiger partial charge < -0.3 is 16.2 Å². The average Bonchev–Trinajstić information content (AvgIpc) is 2.41. The van der Waals surface area contributed by atoms with Gasteiger partial charge in [-0.15, -0.1) is 0 Å². The zero-order chi connectivity index (χ0) is 15.6. The molecule has 0 saturated heterocycles. The molecule has 1 amide bonds. The molecule has 4 N–H and O–H groups in total. The van der Waals surface area contributed by atoms with Gasteiger partial charge >= 0.3 is 6.18 Å². The highest BCUT2D eigenvalue weighted by Gasteiger charge is 2.33. The van der Waals surface area contributed by atoms with Gasteiger partial charge in [0.25, 0.3) is 5.91 Å². The van der Waals surface area contributed by atoms with Crippen molar-refractivity contribution in [1.82, 2.24) is 0 Å². The van der Waals surface area contributed by atoms with Crippen LogP contribution in [-0.4, -0.2) is 11.0 Å². The Balaban J connectivity index is 2.35. The standard InChI is InChI=1S/C14H11F3N2O2/c15-14(16,17)10-3-1-2-4-12(10)19-13(21)9-7-8(20)5-6-11(9)18/h1-7,20H,18H2,(H,19,21). The molecule has 0 spiro atoms. The zero-order valence-corrected chi connectivity index (χ0v) is 10.6. The highest BCUT2D eigenvalue weighted by atomic mass is 19.4. The predicted molar refractivity (Wildman–Crippen MR) is 71.9 cm³/mol. The summed E-state index contributed by atoms with van der Waals surface area (Å²) >= 11 is 0.